The molecule has 0 saturated carbocycles. The van der Waals surface area contributed by atoms with Crippen LogP contribution in [0.5, 0.6) is 0 Å². The first kappa shape index (κ1) is 16.5. The Labute approximate surface area is 104 Å². The van der Waals surface area contributed by atoms with Crippen LogP contribution in [0.4, 0.5) is 0 Å². The van der Waals surface area contributed by atoms with Crippen LogP contribution < -0.4 is 0 Å². The minimum atomic E-state index is -1.75. The number of nitrogens with zero attached hydrogens (tertiary/aromatic N) is 3. The predicted octanol–water partition coefficient (Wildman–Crippen LogP) is 0.902. The third-order valence-electron chi connectivity index (χ3n) is 1.25. The first-order chi connectivity index (χ1) is 6.52. The first-order valence-electron chi connectivity index (χ1n) is 3.87. The zero-order valence-electron chi connectivity index (χ0n) is 8.38. The molecule has 0 spiro atoms. The Balaban J connectivity index is 0. The number of hydrogen-bond donors (Lipinski definition) is 0. The molecule has 7 heteroatoms. The van der Waals surface area contributed by atoms with Gasteiger partial charge < -0.3 is 20.2 Å². The second kappa shape index (κ2) is 9.60. The fourth-order valence-electron chi connectivity index (χ4n) is 0.853. The van der Waals surface area contributed by atoms with E-state index < -0.39 is 5.09 Å². The molecular weight excluding hydrogens is 294 g/mol. The summed E-state index contributed by atoms with van der Waals surface area (Å²) in [6.45, 7) is 0.989. The van der Waals surface area contributed by atoms with Crippen molar-refractivity contribution in [2.24, 2.45) is 0 Å². The summed E-state index contributed by atoms with van der Waals surface area (Å²) in [4.78, 5) is 14.3. The summed E-state index contributed by atoms with van der Waals surface area (Å²) in [6.07, 6.45) is 3.64. The first-order valence-corrected chi connectivity index (χ1v) is 3.87. The van der Waals surface area contributed by atoms with E-state index in [4.69, 9.17) is 15.3 Å². The molecule has 0 amide bonds. The molecule has 1 aromatic heterocycles. The number of hydrogen-bond acceptors (Lipinski definition) is 5. The maximum atomic E-state index is 8.25. The number of pyridine rings is 1. The van der Waals surface area contributed by atoms with Crippen LogP contribution in [0.15, 0.2) is 24.5 Å². The van der Waals surface area contributed by atoms with Gasteiger partial charge in [-0.1, -0.05) is 0 Å². The molecule has 0 fully saturated rings. The fraction of sp³-hybridized carbons (Fsp3) is 0.375. The van der Waals surface area contributed by atoms with Crippen molar-refractivity contribution in [3.63, 3.8) is 0 Å². The summed E-state index contributed by atoms with van der Waals surface area (Å²) in [6, 6.07) is 4.06. The minimum Gasteiger partial charge on any atom is -0.356 e. The van der Waals surface area contributed by atoms with Gasteiger partial charge in [0.05, 0.1) is 5.09 Å². The van der Waals surface area contributed by atoms with Crippen LogP contribution >= 0.6 is 0 Å². The van der Waals surface area contributed by atoms with Crippen molar-refractivity contribution in [1.29, 1.82) is 0 Å². The molecular formula is C8H12AgN3O3. The van der Waals surface area contributed by atoms with E-state index in [0.29, 0.717) is 0 Å². The van der Waals surface area contributed by atoms with Crippen LogP contribution in [0.25, 0.3) is 0 Å². The van der Waals surface area contributed by atoms with Crippen molar-refractivity contribution in [1.82, 2.24) is 9.88 Å². The Hall–Kier alpha value is -0.950. The van der Waals surface area contributed by atoms with Gasteiger partial charge in [-0.15, -0.1) is 0 Å². The molecule has 0 saturated heterocycles. The maximum absolute atomic E-state index is 8.25. The van der Waals surface area contributed by atoms with Crippen LogP contribution in [0.1, 0.15) is 5.56 Å². The molecule has 0 atom stereocenters. The molecule has 0 aromatic carbocycles. The van der Waals surface area contributed by atoms with E-state index in [2.05, 4.69) is 24.0 Å². The topological polar surface area (TPSA) is 82.3 Å². The Morgan fingerprint density at radius 3 is 2.07 bits per heavy atom. The molecule has 88 valence electrons. The predicted molar refractivity (Wildman–Crippen MR) is 52.0 cm³/mol. The normalized spacial score (nSPS) is 8.47. The van der Waals surface area contributed by atoms with Gasteiger partial charge in [0.1, 0.15) is 0 Å². The summed E-state index contributed by atoms with van der Waals surface area (Å²) in [5.41, 5.74) is 1.31. The van der Waals surface area contributed by atoms with Crippen molar-refractivity contribution >= 4 is 0 Å². The van der Waals surface area contributed by atoms with Crippen LogP contribution in [0.3, 0.4) is 0 Å². The summed E-state index contributed by atoms with van der Waals surface area (Å²) < 4.78 is 0. The van der Waals surface area contributed by atoms with Gasteiger partial charge in [0.15, 0.2) is 0 Å². The second-order valence-electron chi connectivity index (χ2n) is 2.82. The SMILES string of the molecule is CN(C)Cc1ccncc1.O=[N+]([O-])[O-].[Ag+]. The third kappa shape index (κ3) is 13.1. The minimum absolute atomic E-state index is 0. The summed E-state index contributed by atoms with van der Waals surface area (Å²) in [5, 5.41) is 14.8. The van der Waals surface area contributed by atoms with E-state index in [0.717, 1.165) is 6.54 Å². The zero-order chi connectivity index (χ0) is 11.0. The van der Waals surface area contributed by atoms with Crippen molar-refractivity contribution in [2.75, 3.05) is 14.1 Å². The quantitative estimate of drug-likeness (QED) is 0.460. The van der Waals surface area contributed by atoms with E-state index in [1.54, 1.807) is 0 Å². The molecule has 0 unspecified atom stereocenters. The molecule has 1 heterocycles. The second-order valence-corrected chi connectivity index (χ2v) is 2.82. The average Bonchev–Trinajstić information content (AvgIpc) is 2.03. The van der Waals surface area contributed by atoms with Gasteiger partial charge in [0.2, 0.25) is 0 Å². The van der Waals surface area contributed by atoms with E-state index in [1.165, 1.54) is 5.56 Å². The Bertz CT molecular complexity index is 265. The van der Waals surface area contributed by atoms with Gasteiger partial charge in [-0.05, 0) is 31.8 Å². The Morgan fingerprint density at radius 1 is 1.33 bits per heavy atom. The van der Waals surface area contributed by atoms with Gasteiger partial charge in [-0.2, -0.15) is 0 Å². The summed E-state index contributed by atoms with van der Waals surface area (Å²) in [5.74, 6) is 0. The smallest absolute Gasteiger partial charge is 0.356 e. The molecule has 0 aliphatic carbocycles. The van der Waals surface area contributed by atoms with Crippen molar-refractivity contribution in [2.45, 2.75) is 6.54 Å². The van der Waals surface area contributed by atoms with Crippen molar-refractivity contribution in [3.8, 4) is 0 Å². The Morgan fingerprint density at radius 2 is 1.73 bits per heavy atom. The molecule has 0 radical (unpaired) electrons. The van der Waals surface area contributed by atoms with Gasteiger partial charge >= 0.3 is 22.4 Å². The summed E-state index contributed by atoms with van der Waals surface area (Å²) >= 11 is 0. The van der Waals surface area contributed by atoms with E-state index >= 15 is 0 Å². The van der Waals surface area contributed by atoms with Gasteiger partial charge in [-0.3, -0.25) is 4.98 Å². The van der Waals surface area contributed by atoms with Crippen LogP contribution in [-0.2, 0) is 28.9 Å². The molecule has 1 aromatic rings. The van der Waals surface area contributed by atoms with E-state index in [-0.39, 0.29) is 22.4 Å². The number of aromatic nitrogens is 1. The molecule has 0 N–H and O–H groups in total. The van der Waals surface area contributed by atoms with E-state index in [9.17, 15) is 0 Å². The van der Waals surface area contributed by atoms with Crippen molar-refractivity contribution < 1.29 is 27.5 Å². The molecule has 0 aliphatic heterocycles. The van der Waals surface area contributed by atoms with Crippen molar-refractivity contribution in [3.05, 3.63) is 45.4 Å². The third-order valence-corrected chi connectivity index (χ3v) is 1.25. The van der Waals surface area contributed by atoms with Gasteiger partial charge in [-0.25, -0.2) is 0 Å². The van der Waals surface area contributed by atoms with Crippen LogP contribution in [0, 0.1) is 15.3 Å². The zero-order valence-corrected chi connectivity index (χ0v) is 9.87. The monoisotopic (exact) mass is 305 g/mol. The molecule has 15 heavy (non-hydrogen) atoms. The molecule has 0 bridgehead atoms. The van der Waals surface area contributed by atoms with Crippen LogP contribution in [-0.4, -0.2) is 29.1 Å². The maximum Gasteiger partial charge on any atom is 1.00 e. The molecule has 0 aliphatic rings. The summed E-state index contributed by atoms with van der Waals surface area (Å²) in [7, 11) is 4.11. The fourth-order valence-corrected chi connectivity index (χ4v) is 0.853. The number of rotatable bonds is 2. The molecule has 6 nitrogen and oxygen atoms in total. The van der Waals surface area contributed by atoms with Gasteiger partial charge in [0.25, 0.3) is 0 Å². The standard InChI is InChI=1S/C8H12N2.Ag.NO3/c1-10(2)7-8-3-5-9-6-4-8;;2-1(3)4/h3-6H,7H2,1-2H3;;/q;+1;-1. The average molecular weight is 306 g/mol. The van der Waals surface area contributed by atoms with E-state index in [1.807, 2.05) is 24.5 Å². The largest absolute Gasteiger partial charge is 1.00 e. The van der Waals surface area contributed by atoms with Crippen LogP contribution in [0.2, 0.25) is 0 Å². The Kier molecular flexibility index (Phi) is 10.5. The molecule has 1 rings (SSSR count). The van der Waals surface area contributed by atoms with Gasteiger partial charge in [0, 0.05) is 18.9 Å².